The highest BCUT2D eigenvalue weighted by Crippen LogP contribution is 2.17. The number of hydrogen-bond acceptors (Lipinski definition) is 6. The highest BCUT2D eigenvalue weighted by Gasteiger charge is 2.37. The molecular weight excluding hydrogens is 401 g/mol. The van der Waals surface area contributed by atoms with Crippen molar-refractivity contribution in [3.63, 3.8) is 0 Å². The fourth-order valence-electron chi connectivity index (χ4n) is 3.18. The predicted molar refractivity (Wildman–Crippen MR) is 105 cm³/mol. The summed E-state index contributed by atoms with van der Waals surface area (Å²) in [5, 5.41) is 17.1. The smallest absolute Gasteiger partial charge is 0.240 e. The summed E-state index contributed by atoms with van der Waals surface area (Å²) in [6, 6.07) is 8.41. The lowest BCUT2D eigenvalue weighted by molar-refractivity contribution is 0.0439. The van der Waals surface area contributed by atoms with Gasteiger partial charge in [-0.25, -0.2) is 13.1 Å². The second kappa shape index (κ2) is 10.8. The van der Waals surface area contributed by atoms with Crippen LogP contribution in [0.15, 0.2) is 35.2 Å². The number of piperidine rings is 1. The first-order valence-electron chi connectivity index (χ1n) is 8.37. The van der Waals surface area contributed by atoms with Crippen LogP contribution in [0.2, 0.25) is 0 Å². The van der Waals surface area contributed by atoms with Gasteiger partial charge in [0, 0.05) is 12.6 Å². The van der Waals surface area contributed by atoms with Gasteiger partial charge in [0.2, 0.25) is 10.0 Å². The molecule has 10 heteroatoms. The normalized spacial score (nSPS) is 26.7. The van der Waals surface area contributed by atoms with Gasteiger partial charge in [-0.3, -0.25) is 0 Å². The molecule has 2 fully saturated rings. The zero-order chi connectivity index (χ0) is 17.0. The largest absolute Gasteiger partial charge is 0.389 e. The summed E-state index contributed by atoms with van der Waals surface area (Å²) in [5.74, 6) is 0. The molecule has 0 amide bonds. The van der Waals surface area contributed by atoms with E-state index in [0.717, 1.165) is 25.9 Å². The van der Waals surface area contributed by atoms with Crippen molar-refractivity contribution in [1.82, 2.24) is 15.4 Å². The Labute approximate surface area is 167 Å². The number of sulfonamides is 1. The molecule has 2 saturated heterocycles. The molecule has 3 rings (SSSR count). The summed E-state index contributed by atoms with van der Waals surface area (Å²) < 4.78 is 32.6. The van der Waals surface area contributed by atoms with Crippen LogP contribution in [-0.2, 0) is 14.8 Å². The van der Waals surface area contributed by atoms with Gasteiger partial charge in [0.15, 0.2) is 0 Å². The Bertz CT molecular complexity index is 630. The fraction of sp³-hybridized carbons (Fsp3) is 0.625. The maximum Gasteiger partial charge on any atom is 0.240 e. The summed E-state index contributed by atoms with van der Waals surface area (Å²) in [6.07, 6.45) is 0.782. The Morgan fingerprint density at radius 1 is 1.15 bits per heavy atom. The van der Waals surface area contributed by atoms with Crippen molar-refractivity contribution >= 4 is 34.8 Å². The van der Waals surface area contributed by atoms with E-state index in [1.165, 1.54) is 12.1 Å². The molecule has 150 valence electrons. The van der Waals surface area contributed by atoms with Crippen molar-refractivity contribution in [2.24, 2.45) is 0 Å². The fourth-order valence-corrected chi connectivity index (χ4v) is 4.24. The minimum absolute atomic E-state index is 0. The van der Waals surface area contributed by atoms with E-state index in [-0.39, 0.29) is 42.3 Å². The third kappa shape index (κ3) is 6.03. The van der Waals surface area contributed by atoms with Crippen LogP contribution in [0.1, 0.15) is 12.8 Å². The number of hydrogen-bond donors (Lipinski definition) is 4. The summed E-state index contributed by atoms with van der Waals surface area (Å²) in [4.78, 5) is 0.210. The van der Waals surface area contributed by atoms with Gasteiger partial charge in [0.1, 0.15) is 0 Å². The van der Waals surface area contributed by atoms with Gasteiger partial charge < -0.3 is 20.5 Å². The van der Waals surface area contributed by atoms with E-state index in [1.807, 2.05) is 0 Å². The molecule has 0 aliphatic carbocycles. The molecule has 0 aromatic heterocycles. The number of ether oxygens (including phenoxy) is 1. The Hall–Kier alpha value is -0.450. The summed E-state index contributed by atoms with van der Waals surface area (Å²) in [6.45, 7) is 2.40. The van der Waals surface area contributed by atoms with E-state index in [0.29, 0.717) is 12.6 Å². The van der Waals surface area contributed by atoms with Crippen LogP contribution in [0.5, 0.6) is 0 Å². The van der Waals surface area contributed by atoms with Crippen LogP contribution in [0.3, 0.4) is 0 Å². The molecule has 0 saturated carbocycles. The average Bonchev–Trinajstić information content (AvgIpc) is 2.95. The van der Waals surface area contributed by atoms with Crippen LogP contribution in [0, 0.1) is 0 Å². The number of rotatable bonds is 6. The number of halogens is 2. The Balaban J connectivity index is 0.00000169. The van der Waals surface area contributed by atoms with Crippen molar-refractivity contribution in [2.75, 3.05) is 26.2 Å². The summed E-state index contributed by atoms with van der Waals surface area (Å²) in [7, 11) is -3.59. The maximum absolute atomic E-state index is 12.2. The lowest BCUT2D eigenvalue weighted by atomic mass is 10.0. The topological polar surface area (TPSA) is 99.7 Å². The molecule has 3 atom stereocenters. The molecule has 26 heavy (non-hydrogen) atoms. The highest BCUT2D eigenvalue weighted by molar-refractivity contribution is 7.89. The molecule has 0 spiro atoms. The van der Waals surface area contributed by atoms with E-state index in [2.05, 4.69) is 15.4 Å². The maximum atomic E-state index is 12.2. The van der Waals surface area contributed by atoms with E-state index >= 15 is 0 Å². The molecule has 0 radical (unpaired) electrons. The zero-order valence-corrected chi connectivity index (χ0v) is 16.8. The van der Waals surface area contributed by atoms with Crippen molar-refractivity contribution < 1.29 is 18.3 Å². The molecule has 2 aliphatic heterocycles. The predicted octanol–water partition coefficient (Wildman–Crippen LogP) is 0.278. The van der Waals surface area contributed by atoms with Gasteiger partial charge in [0.25, 0.3) is 0 Å². The van der Waals surface area contributed by atoms with E-state index in [1.54, 1.807) is 18.2 Å². The van der Waals surface area contributed by atoms with Crippen LogP contribution < -0.4 is 15.4 Å². The lowest BCUT2D eigenvalue weighted by Crippen LogP contribution is -2.50. The van der Waals surface area contributed by atoms with Crippen LogP contribution >= 0.6 is 24.8 Å². The van der Waals surface area contributed by atoms with Gasteiger partial charge >= 0.3 is 0 Å². The number of aliphatic hydroxyl groups excluding tert-OH is 1. The molecule has 1 aromatic carbocycles. The Morgan fingerprint density at radius 3 is 2.46 bits per heavy atom. The minimum Gasteiger partial charge on any atom is -0.389 e. The first-order chi connectivity index (χ1) is 11.6. The number of aliphatic hydroxyl groups is 1. The second-order valence-corrected chi connectivity index (χ2v) is 8.09. The zero-order valence-electron chi connectivity index (χ0n) is 14.3. The van der Waals surface area contributed by atoms with Gasteiger partial charge in [-0.1, -0.05) is 18.2 Å². The van der Waals surface area contributed by atoms with Crippen molar-refractivity contribution in [2.45, 2.75) is 42.0 Å². The molecule has 7 nitrogen and oxygen atoms in total. The van der Waals surface area contributed by atoms with Crippen molar-refractivity contribution in [3.8, 4) is 0 Å². The molecule has 0 unspecified atom stereocenters. The van der Waals surface area contributed by atoms with E-state index in [9.17, 15) is 13.5 Å². The van der Waals surface area contributed by atoms with Crippen LogP contribution in [0.25, 0.3) is 0 Å². The Kier molecular flexibility index (Phi) is 9.77. The molecule has 4 N–H and O–H groups in total. The van der Waals surface area contributed by atoms with Gasteiger partial charge in [-0.05, 0) is 38.1 Å². The molecule has 1 aromatic rings. The van der Waals surface area contributed by atoms with Gasteiger partial charge in [-0.2, -0.15) is 0 Å². The van der Waals surface area contributed by atoms with Crippen molar-refractivity contribution in [1.29, 1.82) is 0 Å². The van der Waals surface area contributed by atoms with Crippen LogP contribution in [0.4, 0.5) is 0 Å². The highest BCUT2D eigenvalue weighted by atomic mass is 35.5. The average molecular weight is 428 g/mol. The first-order valence-corrected chi connectivity index (χ1v) is 9.86. The molecule has 2 heterocycles. The van der Waals surface area contributed by atoms with Gasteiger partial charge in [-0.15, -0.1) is 24.8 Å². The lowest BCUT2D eigenvalue weighted by Gasteiger charge is -2.28. The third-order valence-electron chi connectivity index (χ3n) is 4.60. The monoisotopic (exact) mass is 427 g/mol. The van der Waals surface area contributed by atoms with E-state index in [4.69, 9.17) is 4.74 Å². The van der Waals surface area contributed by atoms with E-state index < -0.39 is 22.2 Å². The molecule has 0 bridgehead atoms. The third-order valence-corrected chi connectivity index (χ3v) is 6.04. The summed E-state index contributed by atoms with van der Waals surface area (Å²) >= 11 is 0. The first kappa shape index (κ1) is 23.6. The molecule has 2 aliphatic rings. The standard InChI is InChI=1S/C16H25N3O4S.2ClH/c20-16-14(19-12-6-8-17-9-7-12)11-23-15(16)10-18-24(21,22)13-4-2-1-3-5-13;;/h1-5,12,14-20H,6-11H2;2*1H/t14-,15-,16+;;/m1../s1. The Morgan fingerprint density at radius 2 is 1.81 bits per heavy atom. The SMILES string of the molecule is Cl.Cl.O=S(=O)(NC[C@H]1OC[C@@H](NC2CCNCC2)[C@@H]1O)c1ccccc1. The second-order valence-electron chi connectivity index (χ2n) is 6.32. The quantitative estimate of drug-likeness (QED) is 0.520. The molecular formula is C16H27Cl2N3O4S. The number of nitrogens with one attached hydrogen (secondary N) is 3. The number of benzene rings is 1. The van der Waals surface area contributed by atoms with Crippen LogP contribution in [-0.4, -0.2) is 64.1 Å². The van der Waals surface area contributed by atoms with Gasteiger partial charge in [0.05, 0.1) is 29.8 Å². The minimum atomic E-state index is -3.59. The van der Waals surface area contributed by atoms with Crippen molar-refractivity contribution in [3.05, 3.63) is 30.3 Å². The summed E-state index contributed by atoms with van der Waals surface area (Å²) in [5.41, 5.74) is 0.